The van der Waals surface area contributed by atoms with Crippen molar-refractivity contribution in [3.05, 3.63) is 30.3 Å². The van der Waals surface area contributed by atoms with Crippen molar-refractivity contribution in [2.24, 2.45) is 0 Å². The second-order valence-corrected chi connectivity index (χ2v) is 9.21. The number of hydrogen-bond acceptors (Lipinski definition) is 0. The Morgan fingerprint density at radius 1 is 0.812 bits per heavy atom. The third kappa shape index (κ3) is 16.2. The first-order valence-corrected chi connectivity index (χ1v) is 10.2. The molecule has 0 heterocycles. The summed E-state index contributed by atoms with van der Waals surface area (Å²) in [4.78, 5) is 1.44. The van der Waals surface area contributed by atoms with Gasteiger partial charge in [-0.05, 0) is 12.1 Å². The van der Waals surface area contributed by atoms with Gasteiger partial charge < -0.3 is 0 Å². The van der Waals surface area contributed by atoms with E-state index in [-0.39, 0.29) is 0 Å². The standard InChI is InChI=1S/C8H11S.AsF6/c1-9(2)8-6-4-3-5-7-8;2-1(3,4,5,6)7/h3-7H,1-2H3;/q+1;-1. The summed E-state index contributed by atoms with van der Waals surface area (Å²) in [6.45, 7) is 0. The normalized spacial score (nSPS) is 15.8. The van der Waals surface area contributed by atoms with Gasteiger partial charge in [0.25, 0.3) is 0 Å². The van der Waals surface area contributed by atoms with Gasteiger partial charge in [-0.15, -0.1) is 0 Å². The van der Waals surface area contributed by atoms with E-state index in [1.165, 1.54) is 4.90 Å². The molecule has 0 aromatic heterocycles. The molecule has 96 valence electrons. The van der Waals surface area contributed by atoms with Gasteiger partial charge in [-0.25, -0.2) is 0 Å². The average Bonchev–Trinajstić information content (AvgIpc) is 2.00. The van der Waals surface area contributed by atoms with E-state index in [9.17, 15) is 20.8 Å². The van der Waals surface area contributed by atoms with Crippen molar-refractivity contribution in [3.63, 3.8) is 0 Å². The van der Waals surface area contributed by atoms with Crippen LogP contribution in [0.25, 0.3) is 0 Å². The zero-order valence-electron chi connectivity index (χ0n) is 8.51. The van der Waals surface area contributed by atoms with E-state index in [1.54, 1.807) is 0 Å². The van der Waals surface area contributed by atoms with E-state index in [2.05, 4.69) is 42.8 Å². The summed E-state index contributed by atoms with van der Waals surface area (Å²) in [6.07, 6.45) is 4.46. The molecule has 1 rings (SSSR count). The Bertz CT molecular complexity index is 317. The van der Waals surface area contributed by atoms with Crippen LogP contribution < -0.4 is 0 Å². The van der Waals surface area contributed by atoms with Gasteiger partial charge in [0.15, 0.2) is 4.90 Å². The first-order chi connectivity index (χ1) is 6.75. The quantitative estimate of drug-likeness (QED) is 0.414. The van der Waals surface area contributed by atoms with Crippen LogP contribution in [0.1, 0.15) is 0 Å². The van der Waals surface area contributed by atoms with Gasteiger partial charge >= 0.3 is 35.0 Å². The van der Waals surface area contributed by atoms with Crippen molar-refractivity contribution in [1.82, 2.24) is 0 Å². The molecule has 0 bridgehead atoms. The molecule has 0 N–H and O–H groups in total. The number of halogens is 6. The van der Waals surface area contributed by atoms with Crippen LogP contribution in [0.15, 0.2) is 35.2 Å². The molecule has 0 spiro atoms. The fourth-order valence-electron chi connectivity index (χ4n) is 0.693. The molecular weight excluding hydrogens is 317 g/mol. The second kappa shape index (κ2) is 4.18. The van der Waals surface area contributed by atoms with Crippen LogP contribution in [0.5, 0.6) is 0 Å². The van der Waals surface area contributed by atoms with E-state index in [0.717, 1.165) is 0 Å². The van der Waals surface area contributed by atoms with Gasteiger partial charge in [-0.3, -0.25) is 0 Å². The summed E-state index contributed by atoms with van der Waals surface area (Å²) in [6, 6.07) is 10.6. The molecule has 0 nitrogen and oxygen atoms in total. The zero-order chi connectivity index (χ0) is 13.1. The topological polar surface area (TPSA) is 0 Å². The summed E-state index contributed by atoms with van der Waals surface area (Å²) in [7, 11) is 0.421. The van der Waals surface area contributed by atoms with Crippen molar-refractivity contribution < 1.29 is 20.8 Å². The predicted octanol–water partition coefficient (Wildman–Crippen LogP) is 4.06. The molecule has 0 aliphatic heterocycles. The molecule has 0 amide bonds. The molecule has 0 saturated heterocycles. The number of rotatable bonds is 1. The predicted molar refractivity (Wildman–Crippen MR) is 56.3 cm³/mol. The molecule has 8 heteroatoms. The summed E-state index contributed by atoms with van der Waals surface area (Å²) < 4.78 is 59.4. The fraction of sp³-hybridized carbons (Fsp3) is 0.250. The maximum atomic E-state index is 9.91. The van der Waals surface area contributed by atoms with Crippen LogP contribution in [0.2, 0.25) is 0 Å². The van der Waals surface area contributed by atoms with Gasteiger partial charge in [0, 0.05) is 10.9 Å². The molecule has 1 aromatic carbocycles. The Balaban J connectivity index is 0.000000293. The SMILES string of the molecule is C[S+](C)c1ccccc1.F[As-](F)(F)(F)(F)F. The molecule has 0 aliphatic carbocycles. The van der Waals surface area contributed by atoms with Crippen molar-refractivity contribution >= 4 is 25.1 Å². The Labute approximate surface area is 93.9 Å². The molecule has 0 unspecified atom stereocenters. The Hall–Kier alpha value is -0.292. The summed E-state index contributed by atoms with van der Waals surface area (Å²) in [5, 5.41) is 0. The monoisotopic (exact) mass is 328 g/mol. The summed E-state index contributed by atoms with van der Waals surface area (Å²) >= 11 is -11.1. The number of hydrogen-bond donors (Lipinski definition) is 0. The molecule has 1 aromatic rings. The fourth-order valence-corrected chi connectivity index (χ4v) is 1.39. The van der Waals surface area contributed by atoms with Crippen molar-refractivity contribution in [1.29, 1.82) is 0 Å². The maximum absolute atomic E-state index is 11.1. The molecule has 0 fully saturated rings. The van der Waals surface area contributed by atoms with E-state index in [0.29, 0.717) is 10.9 Å². The van der Waals surface area contributed by atoms with Crippen molar-refractivity contribution in [2.45, 2.75) is 4.90 Å². The van der Waals surface area contributed by atoms with Crippen LogP contribution in [0, 0.1) is 0 Å². The minimum atomic E-state index is -11.1. The first-order valence-electron chi connectivity index (χ1n) is 3.95. The Kier molecular flexibility index (Phi) is 4.11. The molecule has 0 radical (unpaired) electrons. The van der Waals surface area contributed by atoms with Crippen LogP contribution >= 0.6 is 0 Å². The van der Waals surface area contributed by atoms with Gasteiger partial charge in [0.2, 0.25) is 0 Å². The van der Waals surface area contributed by atoms with Crippen LogP contribution in [-0.4, -0.2) is 26.7 Å². The molecule has 16 heavy (non-hydrogen) atoms. The summed E-state index contributed by atoms with van der Waals surface area (Å²) in [5.74, 6) is 0. The van der Waals surface area contributed by atoms with Gasteiger partial charge in [-0.1, -0.05) is 18.2 Å². The van der Waals surface area contributed by atoms with E-state index in [4.69, 9.17) is 0 Å². The zero-order valence-corrected chi connectivity index (χ0v) is 11.2. The van der Waals surface area contributed by atoms with E-state index >= 15 is 0 Å². The molecule has 0 saturated carbocycles. The Morgan fingerprint density at radius 3 is 1.31 bits per heavy atom. The second-order valence-electron chi connectivity index (χ2n) is 3.09. The molecular formula is C8H11AsF6S. The van der Waals surface area contributed by atoms with Crippen molar-refractivity contribution in [2.75, 3.05) is 12.5 Å². The average molecular weight is 328 g/mol. The van der Waals surface area contributed by atoms with E-state index < -0.39 is 14.2 Å². The molecule has 0 atom stereocenters. The van der Waals surface area contributed by atoms with Gasteiger partial charge in [0.1, 0.15) is 12.5 Å². The number of benzene rings is 1. The Morgan fingerprint density at radius 2 is 1.12 bits per heavy atom. The van der Waals surface area contributed by atoms with Crippen LogP contribution in [0.3, 0.4) is 0 Å². The van der Waals surface area contributed by atoms with Gasteiger partial charge in [-0.2, -0.15) is 0 Å². The molecule has 0 aliphatic rings. The van der Waals surface area contributed by atoms with Crippen molar-refractivity contribution in [3.8, 4) is 0 Å². The third-order valence-corrected chi connectivity index (χ3v) is 2.43. The summed E-state index contributed by atoms with van der Waals surface area (Å²) in [5.41, 5.74) is 0. The van der Waals surface area contributed by atoms with Gasteiger partial charge in [0.05, 0.1) is 0 Å². The third-order valence-electron chi connectivity index (χ3n) is 1.21. The minimum absolute atomic E-state index is 0.421. The van der Waals surface area contributed by atoms with E-state index in [1.807, 2.05) is 0 Å². The van der Waals surface area contributed by atoms with Crippen LogP contribution in [0.4, 0.5) is 20.8 Å². The van der Waals surface area contributed by atoms with Crippen LogP contribution in [-0.2, 0) is 10.9 Å². The first kappa shape index (κ1) is 15.7.